The van der Waals surface area contributed by atoms with Gasteiger partial charge < -0.3 is 0 Å². The van der Waals surface area contributed by atoms with Gasteiger partial charge in [0.1, 0.15) is 0 Å². The molecule has 0 unspecified atom stereocenters. The number of rotatable bonds is 1. The average Bonchev–Trinajstić information content (AvgIpc) is 2.30. The van der Waals surface area contributed by atoms with Crippen molar-refractivity contribution in [2.75, 3.05) is 0 Å². The fraction of sp³-hybridized carbons (Fsp3) is 0.500. The van der Waals surface area contributed by atoms with Crippen LogP contribution in [0, 0.1) is 23.3 Å². The molecule has 0 aliphatic heterocycles. The summed E-state index contributed by atoms with van der Waals surface area (Å²) in [5.41, 5.74) is 2.00. The number of nitrogens with zero attached hydrogens (tertiary/aromatic N) is 1. The van der Waals surface area contributed by atoms with Crippen molar-refractivity contribution >= 4 is 0 Å². The maximum atomic E-state index is 8.69. The standard InChI is InChI=1S/C14H16N.Y/c1-11-2-6-13(7-3-11)14-8-4-12(10-15)5-9-14;/h4,8-9,11,13H,2-3,6-7H2,1H3;/q-1;+3. The molecule has 2 heteroatoms. The minimum Gasteiger partial charge on any atom is -0.262 e. The van der Waals surface area contributed by atoms with Crippen LogP contribution in [0.1, 0.15) is 49.7 Å². The Hall–Kier alpha value is -0.186. The molecule has 78 valence electrons. The molecule has 0 atom stereocenters. The Labute approximate surface area is 123 Å². The third-order valence-corrected chi connectivity index (χ3v) is 3.44. The van der Waals surface area contributed by atoms with Crippen molar-refractivity contribution in [3.8, 4) is 6.07 Å². The fourth-order valence-corrected chi connectivity index (χ4v) is 2.35. The maximum Gasteiger partial charge on any atom is 3.00 e. The number of hydrogen-bond acceptors (Lipinski definition) is 1. The quantitative estimate of drug-likeness (QED) is 0.723. The van der Waals surface area contributed by atoms with E-state index in [4.69, 9.17) is 5.26 Å². The average molecular weight is 287 g/mol. The molecule has 0 spiro atoms. The zero-order valence-electron chi connectivity index (χ0n) is 9.74. The maximum absolute atomic E-state index is 8.69. The summed E-state index contributed by atoms with van der Waals surface area (Å²) in [6, 6.07) is 11.1. The van der Waals surface area contributed by atoms with E-state index in [1.165, 1.54) is 31.2 Å². The Balaban J connectivity index is 0.00000128. The minimum absolute atomic E-state index is 0. The van der Waals surface area contributed by atoms with Crippen LogP contribution in [0.15, 0.2) is 18.2 Å². The molecule has 0 radical (unpaired) electrons. The van der Waals surface area contributed by atoms with Crippen LogP contribution in [0.3, 0.4) is 0 Å². The van der Waals surface area contributed by atoms with Gasteiger partial charge in [0, 0.05) is 0 Å². The molecule has 0 aromatic heterocycles. The Bertz CT molecular complexity index is 355. The fourth-order valence-electron chi connectivity index (χ4n) is 2.35. The predicted molar refractivity (Wildman–Crippen MR) is 60.4 cm³/mol. The summed E-state index contributed by atoms with van der Waals surface area (Å²) in [5, 5.41) is 8.69. The van der Waals surface area contributed by atoms with E-state index in [1.54, 1.807) is 0 Å². The zero-order valence-corrected chi connectivity index (χ0v) is 12.6. The van der Waals surface area contributed by atoms with Gasteiger partial charge in [-0.05, 0) is 12.0 Å². The van der Waals surface area contributed by atoms with Crippen molar-refractivity contribution in [2.45, 2.75) is 38.5 Å². The first kappa shape index (κ1) is 13.9. The van der Waals surface area contributed by atoms with E-state index in [0.29, 0.717) is 11.5 Å². The molecule has 1 aliphatic rings. The number of hydrogen-bond donors (Lipinski definition) is 0. The van der Waals surface area contributed by atoms with Crippen LogP contribution in [0.2, 0.25) is 0 Å². The van der Waals surface area contributed by atoms with Crippen molar-refractivity contribution in [1.29, 1.82) is 5.26 Å². The van der Waals surface area contributed by atoms with Gasteiger partial charge in [-0.2, -0.15) is 0 Å². The summed E-state index contributed by atoms with van der Waals surface area (Å²) in [6.45, 7) is 2.33. The minimum atomic E-state index is 0. The number of nitriles is 1. The van der Waals surface area contributed by atoms with Crippen molar-refractivity contribution in [3.05, 3.63) is 35.4 Å². The van der Waals surface area contributed by atoms with Crippen LogP contribution in [0.4, 0.5) is 0 Å². The SMILES string of the molecule is CC1CCC(c2c[c-]c(C#N)cc2)CC1.[Y+3]. The molecule has 0 saturated heterocycles. The Morgan fingerprint density at radius 1 is 1.25 bits per heavy atom. The molecular formula is C14H16NY+2. The van der Waals surface area contributed by atoms with Gasteiger partial charge in [-0.15, -0.1) is 29.8 Å². The third kappa shape index (κ3) is 3.40. The summed E-state index contributed by atoms with van der Waals surface area (Å²) < 4.78 is 0. The predicted octanol–water partition coefficient (Wildman–Crippen LogP) is 3.65. The van der Waals surface area contributed by atoms with E-state index in [0.717, 1.165) is 5.92 Å². The van der Waals surface area contributed by atoms with E-state index >= 15 is 0 Å². The largest absolute Gasteiger partial charge is 3.00 e. The molecule has 0 N–H and O–H groups in total. The molecule has 1 saturated carbocycles. The van der Waals surface area contributed by atoms with Gasteiger partial charge in [0.15, 0.2) is 0 Å². The van der Waals surface area contributed by atoms with Crippen LogP contribution in [-0.2, 0) is 32.7 Å². The van der Waals surface area contributed by atoms with Gasteiger partial charge in [-0.25, -0.2) is 0 Å². The molecule has 0 heterocycles. The molecule has 1 fully saturated rings. The molecule has 0 amide bonds. The van der Waals surface area contributed by atoms with Gasteiger partial charge in [-0.3, -0.25) is 5.26 Å². The molecule has 0 bridgehead atoms. The van der Waals surface area contributed by atoms with Gasteiger partial charge in [0.25, 0.3) is 0 Å². The van der Waals surface area contributed by atoms with Crippen LogP contribution in [0.25, 0.3) is 0 Å². The van der Waals surface area contributed by atoms with Gasteiger partial charge >= 0.3 is 32.7 Å². The summed E-state index contributed by atoms with van der Waals surface area (Å²) in [5.74, 6) is 1.59. The van der Waals surface area contributed by atoms with Crippen molar-refractivity contribution < 1.29 is 32.7 Å². The van der Waals surface area contributed by atoms with E-state index in [-0.39, 0.29) is 32.7 Å². The normalized spacial score (nSPS) is 24.2. The second-order valence-corrected chi connectivity index (χ2v) is 4.60. The van der Waals surface area contributed by atoms with Crippen LogP contribution in [-0.4, -0.2) is 0 Å². The van der Waals surface area contributed by atoms with Crippen molar-refractivity contribution in [3.63, 3.8) is 0 Å². The van der Waals surface area contributed by atoms with Gasteiger partial charge in [0.05, 0.1) is 0 Å². The van der Waals surface area contributed by atoms with Crippen molar-refractivity contribution in [1.82, 2.24) is 0 Å². The molecule has 16 heavy (non-hydrogen) atoms. The molecule has 1 nitrogen and oxygen atoms in total. The second-order valence-electron chi connectivity index (χ2n) is 4.60. The monoisotopic (exact) mass is 287 g/mol. The molecule has 1 aromatic rings. The molecule has 1 aliphatic carbocycles. The molecular weight excluding hydrogens is 271 g/mol. The Kier molecular flexibility index (Phi) is 5.66. The molecule has 2 rings (SSSR count). The number of benzene rings is 1. The van der Waals surface area contributed by atoms with E-state index in [9.17, 15) is 0 Å². The first-order chi connectivity index (χ1) is 7.29. The Morgan fingerprint density at radius 3 is 2.44 bits per heavy atom. The Morgan fingerprint density at radius 2 is 1.94 bits per heavy atom. The van der Waals surface area contributed by atoms with Gasteiger partial charge in [-0.1, -0.05) is 44.1 Å². The summed E-state index contributed by atoms with van der Waals surface area (Å²) >= 11 is 0. The zero-order chi connectivity index (χ0) is 10.7. The first-order valence-corrected chi connectivity index (χ1v) is 5.71. The summed E-state index contributed by atoms with van der Waals surface area (Å²) in [7, 11) is 0. The van der Waals surface area contributed by atoms with Crippen molar-refractivity contribution in [2.24, 2.45) is 5.92 Å². The third-order valence-electron chi connectivity index (χ3n) is 3.44. The summed E-state index contributed by atoms with van der Waals surface area (Å²) in [4.78, 5) is 0. The smallest absolute Gasteiger partial charge is 0.262 e. The topological polar surface area (TPSA) is 23.8 Å². The summed E-state index contributed by atoms with van der Waals surface area (Å²) in [6.07, 6.45) is 5.26. The van der Waals surface area contributed by atoms with E-state index < -0.39 is 0 Å². The van der Waals surface area contributed by atoms with E-state index in [1.807, 2.05) is 12.1 Å². The first-order valence-electron chi connectivity index (χ1n) is 5.71. The van der Waals surface area contributed by atoms with Gasteiger partial charge in [0.2, 0.25) is 0 Å². The molecule has 1 aromatic carbocycles. The van der Waals surface area contributed by atoms with Crippen LogP contribution in [0.5, 0.6) is 0 Å². The second kappa shape index (κ2) is 6.53. The van der Waals surface area contributed by atoms with E-state index in [2.05, 4.69) is 25.1 Å². The van der Waals surface area contributed by atoms with Crippen LogP contribution >= 0.6 is 0 Å². The van der Waals surface area contributed by atoms with Crippen LogP contribution < -0.4 is 0 Å².